The van der Waals surface area contributed by atoms with Gasteiger partial charge in [-0.1, -0.05) is 0 Å². The molecule has 8 heavy (non-hydrogen) atoms. The average molecular weight is 117 g/mol. The van der Waals surface area contributed by atoms with Crippen LogP contribution in [0.15, 0.2) is 0 Å². The zero-order valence-corrected chi connectivity index (χ0v) is 5.98. The van der Waals surface area contributed by atoms with E-state index in [2.05, 4.69) is 21.1 Å². The van der Waals surface area contributed by atoms with E-state index < -0.39 is 0 Å². The summed E-state index contributed by atoms with van der Waals surface area (Å²) < 4.78 is 0.905. The van der Waals surface area contributed by atoms with Crippen LogP contribution < -0.4 is 5.11 Å². The minimum Gasteiger partial charge on any atom is -0.854 e. The number of quaternary nitrogens is 1. The fraction of sp³-hybridized carbons (Fsp3) is 1.00. The Labute approximate surface area is 51.3 Å². The van der Waals surface area contributed by atoms with Gasteiger partial charge in [0.25, 0.3) is 0 Å². The van der Waals surface area contributed by atoms with Gasteiger partial charge in [-0.25, -0.2) is 0 Å². The van der Waals surface area contributed by atoms with Crippen molar-refractivity contribution in [3.05, 3.63) is 0 Å². The molecule has 2 heteroatoms. The second-order valence-electron chi connectivity index (χ2n) is 3.07. The minimum atomic E-state index is 0.0650. The molecule has 0 bridgehead atoms. The first-order chi connectivity index (χ1) is 3.56. The lowest BCUT2D eigenvalue weighted by molar-refractivity contribution is -0.871. The maximum atomic E-state index is 9.97. The van der Waals surface area contributed by atoms with E-state index in [1.165, 1.54) is 0 Å². The Hall–Kier alpha value is -0.0800. The molecule has 0 aromatic rings. The Kier molecular flexibility index (Phi) is 3.02. The van der Waals surface area contributed by atoms with Gasteiger partial charge in [-0.2, -0.15) is 0 Å². The molecule has 50 valence electrons. The number of rotatable bonds is 3. The number of hydrogen-bond donors (Lipinski definition) is 0. The van der Waals surface area contributed by atoms with E-state index in [9.17, 15) is 5.11 Å². The summed E-state index contributed by atoms with van der Waals surface area (Å²) in [6.45, 7) is 1.05. The highest BCUT2D eigenvalue weighted by Crippen LogP contribution is 1.90. The largest absolute Gasteiger partial charge is 0.854 e. The van der Waals surface area contributed by atoms with E-state index >= 15 is 0 Å². The second kappa shape index (κ2) is 3.05. The van der Waals surface area contributed by atoms with Crippen LogP contribution in [0.25, 0.3) is 0 Å². The third kappa shape index (κ3) is 5.92. The van der Waals surface area contributed by atoms with E-state index in [-0.39, 0.29) is 6.61 Å². The van der Waals surface area contributed by atoms with Crippen LogP contribution in [-0.4, -0.2) is 38.8 Å². The fourth-order valence-corrected chi connectivity index (χ4v) is 0.539. The summed E-state index contributed by atoms with van der Waals surface area (Å²) >= 11 is 0. The van der Waals surface area contributed by atoms with E-state index in [1.807, 2.05) is 0 Å². The predicted octanol–water partition coefficient (Wildman–Crippen LogP) is -0.557. The van der Waals surface area contributed by atoms with Gasteiger partial charge in [-0.15, -0.1) is 6.61 Å². The second-order valence-corrected chi connectivity index (χ2v) is 3.07. The van der Waals surface area contributed by atoms with Gasteiger partial charge in [0.15, 0.2) is 0 Å². The molecule has 2 nitrogen and oxygen atoms in total. The van der Waals surface area contributed by atoms with Gasteiger partial charge in [0, 0.05) is 0 Å². The molecule has 0 aromatic carbocycles. The lowest BCUT2D eigenvalue weighted by atomic mass is 10.4. The van der Waals surface area contributed by atoms with Crippen LogP contribution in [0.3, 0.4) is 0 Å². The minimum absolute atomic E-state index is 0.0650. The fourth-order valence-electron chi connectivity index (χ4n) is 0.539. The van der Waals surface area contributed by atoms with Gasteiger partial charge in [-0.05, 0) is 6.42 Å². The van der Waals surface area contributed by atoms with Crippen LogP contribution in [0.4, 0.5) is 0 Å². The SMILES string of the molecule is C[N+](C)(C)CCC[O-]. The van der Waals surface area contributed by atoms with Gasteiger partial charge in [-0.3, -0.25) is 0 Å². The summed E-state index contributed by atoms with van der Waals surface area (Å²) in [7, 11) is 6.28. The van der Waals surface area contributed by atoms with Crippen molar-refractivity contribution in [2.75, 3.05) is 34.3 Å². The number of nitrogens with zero attached hydrogens (tertiary/aromatic N) is 1. The van der Waals surface area contributed by atoms with E-state index in [1.54, 1.807) is 0 Å². The Morgan fingerprint density at radius 3 is 1.88 bits per heavy atom. The van der Waals surface area contributed by atoms with E-state index in [4.69, 9.17) is 0 Å². The Morgan fingerprint density at radius 2 is 1.75 bits per heavy atom. The van der Waals surface area contributed by atoms with Gasteiger partial charge in [0.05, 0.1) is 27.7 Å². The van der Waals surface area contributed by atoms with Crippen LogP contribution in [0.5, 0.6) is 0 Å². The summed E-state index contributed by atoms with van der Waals surface area (Å²) in [6, 6.07) is 0. The summed E-state index contributed by atoms with van der Waals surface area (Å²) in [5.41, 5.74) is 0. The zero-order chi connectivity index (χ0) is 6.62. The van der Waals surface area contributed by atoms with Crippen molar-refractivity contribution in [2.24, 2.45) is 0 Å². The Bertz CT molecular complexity index is 56.0. The molecule has 0 heterocycles. The average Bonchev–Trinajstić information content (AvgIpc) is 1.59. The molecule has 0 saturated carbocycles. The molecule has 0 aliphatic rings. The molecular formula is C6H15NO. The first-order valence-electron chi connectivity index (χ1n) is 2.95. The molecule has 0 atom stereocenters. The predicted molar refractivity (Wildman–Crippen MR) is 32.4 cm³/mol. The monoisotopic (exact) mass is 117 g/mol. The first-order valence-corrected chi connectivity index (χ1v) is 2.95. The molecule has 0 aliphatic carbocycles. The highest BCUT2D eigenvalue weighted by molar-refractivity contribution is 4.27. The molecule has 0 amide bonds. The molecule has 0 rings (SSSR count). The van der Waals surface area contributed by atoms with Gasteiger partial charge in [0.2, 0.25) is 0 Å². The molecule has 0 aliphatic heterocycles. The van der Waals surface area contributed by atoms with Crippen molar-refractivity contribution in [2.45, 2.75) is 6.42 Å². The Balaban J connectivity index is 3.11. The molecule has 0 spiro atoms. The standard InChI is InChI=1S/C6H15NO/c1-7(2,3)5-4-6-8/h4-6H2,1-3H3. The van der Waals surface area contributed by atoms with Crippen molar-refractivity contribution < 1.29 is 9.59 Å². The van der Waals surface area contributed by atoms with Crippen LogP contribution in [0, 0.1) is 0 Å². The van der Waals surface area contributed by atoms with Gasteiger partial charge < -0.3 is 9.59 Å². The summed E-state index contributed by atoms with van der Waals surface area (Å²) in [6.07, 6.45) is 0.795. The summed E-state index contributed by atoms with van der Waals surface area (Å²) in [4.78, 5) is 0. The topological polar surface area (TPSA) is 23.1 Å². The molecule has 0 radical (unpaired) electrons. The lowest BCUT2D eigenvalue weighted by Gasteiger charge is -2.24. The van der Waals surface area contributed by atoms with Crippen LogP contribution in [0.1, 0.15) is 6.42 Å². The molecule has 0 fully saturated rings. The van der Waals surface area contributed by atoms with Crippen molar-refractivity contribution in [3.8, 4) is 0 Å². The third-order valence-corrected chi connectivity index (χ3v) is 0.973. The first kappa shape index (κ1) is 7.92. The normalized spacial score (nSPS) is 12.0. The van der Waals surface area contributed by atoms with Crippen molar-refractivity contribution in [1.29, 1.82) is 0 Å². The van der Waals surface area contributed by atoms with Crippen LogP contribution in [0.2, 0.25) is 0 Å². The summed E-state index contributed by atoms with van der Waals surface area (Å²) in [5.74, 6) is 0. The van der Waals surface area contributed by atoms with Crippen LogP contribution >= 0.6 is 0 Å². The molecule has 0 aromatic heterocycles. The smallest absolute Gasteiger partial charge is 0.0767 e. The van der Waals surface area contributed by atoms with Gasteiger partial charge in [0.1, 0.15) is 0 Å². The van der Waals surface area contributed by atoms with E-state index in [0.29, 0.717) is 0 Å². The van der Waals surface area contributed by atoms with Crippen molar-refractivity contribution in [1.82, 2.24) is 0 Å². The highest BCUT2D eigenvalue weighted by atomic mass is 16.3. The number of hydrogen-bond acceptors (Lipinski definition) is 1. The maximum absolute atomic E-state index is 9.97. The summed E-state index contributed by atoms with van der Waals surface area (Å²) in [5, 5.41) is 9.97. The van der Waals surface area contributed by atoms with Gasteiger partial charge >= 0.3 is 0 Å². The highest BCUT2D eigenvalue weighted by Gasteiger charge is 2.01. The maximum Gasteiger partial charge on any atom is 0.0767 e. The van der Waals surface area contributed by atoms with Crippen molar-refractivity contribution >= 4 is 0 Å². The van der Waals surface area contributed by atoms with Crippen molar-refractivity contribution in [3.63, 3.8) is 0 Å². The molecule has 0 unspecified atom stereocenters. The quantitative estimate of drug-likeness (QED) is 0.454. The third-order valence-electron chi connectivity index (χ3n) is 0.973. The van der Waals surface area contributed by atoms with E-state index in [0.717, 1.165) is 17.4 Å². The Morgan fingerprint density at radius 1 is 1.25 bits per heavy atom. The molecule has 0 N–H and O–H groups in total. The van der Waals surface area contributed by atoms with Crippen LogP contribution in [-0.2, 0) is 0 Å². The zero-order valence-electron chi connectivity index (χ0n) is 5.98. The molecular weight excluding hydrogens is 102 g/mol. The molecule has 0 saturated heterocycles. The lowest BCUT2D eigenvalue weighted by Crippen LogP contribution is -2.36.